The third-order valence-corrected chi connectivity index (χ3v) is 0.739. The van der Waals surface area contributed by atoms with Gasteiger partial charge < -0.3 is 9.68 Å². The van der Waals surface area contributed by atoms with Gasteiger partial charge in [-0.25, -0.2) is 9.59 Å². The van der Waals surface area contributed by atoms with E-state index in [9.17, 15) is 9.59 Å². The molecule has 0 aromatic carbocycles. The van der Waals surface area contributed by atoms with E-state index in [0.29, 0.717) is 5.71 Å². The second kappa shape index (κ2) is 5.87. The molecule has 6 nitrogen and oxygen atoms in total. The summed E-state index contributed by atoms with van der Waals surface area (Å²) in [5.41, 5.74) is 0.316. The van der Waals surface area contributed by atoms with Gasteiger partial charge in [0, 0.05) is 13.8 Å². The molecule has 0 bridgehead atoms. The van der Waals surface area contributed by atoms with Gasteiger partial charge in [0.1, 0.15) is 0 Å². The number of rotatable bonds is 3. The Balaban J connectivity index is 3.91. The topological polar surface area (TPSA) is 77.3 Å². The summed E-state index contributed by atoms with van der Waals surface area (Å²) in [6.45, 7) is 3.98. The minimum atomic E-state index is -0.531. The molecule has 0 rings (SSSR count). The molecule has 0 heterocycles. The van der Waals surface area contributed by atoms with Crippen LogP contribution in [0.25, 0.3) is 0 Å². The zero-order valence-corrected chi connectivity index (χ0v) is 7.60. The molecule has 0 saturated carbocycles. The van der Waals surface area contributed by atoms with Crippen LogP contribution in [0.4, 0.5) is 0 Å². The maximum absolute atomic E-state index is 10.3. The summed E-state index contributed by atoms with van der Waals surface area (Å²) in [5.74, 6) is -1.06. The molecule has 6 heteroatoms. The summed E-state index contributed by atoms with van der Waals surface area (Å²) in [7, 11) is 0. The van der Waals surface area contributed by atoms with Crippen LogP contribution in [0.1, 0.15) is 20.8 Å². The number of carbonyl (C=O) groups is 2. The first kappa shape index (κ1) is 11.3. The van der Waals surface area contributed by atoms with Gasteiger partial charge in [0.25, 0.3) is 0 Å². The SMILES string of the molecule is CC(=O)ON=CC(C)=NOC(C)=O. The lowest BCUT2D eigenvalue weighted by molar-refractivity contribution is -0.142. The van der Waals surface area contributed by atoms with Crippen LogP contribution in [0, 0.1) is 0 Å². The Morgan fingerprint density at radius 2 is 1.62 bits per heavy atom. The van der Waals surface area contributed by atoms with Crippen LogP contribution in [0.5, 0.6) is 0 Å². The van der Waals surface area contributed by atoms with Crippen LogP contribution in [-0.2, 0) is 19.3 Å². The average Bonchev–Trinajstić information content (AvgIpc) is 2.00. The Bertz CT molecular complexity index is 257. The molecule has 0 aliphatic carbocycles. The molecule has 0 radical (unpaired) electrons. The minimum absolute atomic E-state index is 0.316. The van der Waals surface area contributed by atoms with Crippen molar-refractivity contribution in [3.8, 4) is 0 Å². The predicted octanol–water partition coefficient (Wildman–Crippen LogP) is 0.474. The third kappa shape index (κ3) is 8.18. The highest BCUT2D eigenvalue weighted by Gasteiger charge is 1.91. The lowest BCUT2D eigenvalue weighted by Gasteiger charge is -1.91. The zero-order valence-electron chi connectivity index (χ0n) is 7.60. The van der Waals surface area contributed by atoms with Gasteiger partial charge in [-0.3, -0.25) is 0 Å². The average molecular weight is 186 g/mol. The van der Waals surface area contributed by atoms with E-state index < -0.39 is 11.9 Å². The van der Waals surface area contributed by atoms with Crippen molar-refractivity contribution in [1.29, 1.82) is 0 Å². The number of hydrogen-bond acceptors (Lipinski definition) is 6. The van der Waals surface area contributed by atoms with E-state index in [2.05, 4.69) is 20.0 Å². The number of oxime groups is 2. The predicted molar refractivity (Wildman–Crippen MR) is 45.1 cm³/mol. The van der Waals surface area contributed by atoms with Gasteiger partial charge in [0.2, 0.25) is 0 Å². The fourth-order valence-electron chi connectivity index (χ4n) is 0.337. The van der Waals surface area contributed by atoms with Crippen molar-refractivity contribution in [2.45, 2.75) is 20.8 Å². The molecule has 0 aromatic rings. The van der Waals surface area contributed by atoms with Gasteiger partial charge >= 0.3 is 11.9 Å². The van der Waals surface area contributed by atoms with E-state index in [1.165, 1.54) is 20.8 Å². The molecule has 0 aromatic heterocycles. The van der Waals surface area contributed by atoms with Gasteiger partial charge in [-0.15, -0.1) is 0 Å². The van der Waals surface area contributed by atoms with Gasteiger partial charge in [-0.1, -0.05) is 10.3 Å². The van der Waals surface area contributed by atoms with Crippen LogP contribution in [0.2, 0.25) is 0 Å². The van der Waals surface area contributed by atoms with E-state index in [-0.39, 0.29) is 0 Å². The second-order valence-corrected chi connectivity index (χ2v) is 2.13. The molecule has 0 amide bonds. The highest BCUT2D eigenvalue weighted by Crippen LogP contribution is 1.81. The minimum Gasteiger partial charge on any atom is -0.319 e. The largest absolute Gasteiger partial charge is 0.331 e. The third-order valence-electron chi connectivity index (χ3n) is 0.739. The molecule has 72 valence electrons. The van der Waals surface area contributed by atoms with Gasteiger partial charge in [0.05, 0.1) is 11.9 Å². The van der Waals surface area contributed by atoms with Crippen molar-refractivity contribution in [3.05, 3.63) is 0 Å². The maximum atomic E-state index is 10.3. The molecular weight excluding hydrogens is 176 g/mol. The van der Waals surface area contributed by atoms with E-state index in [4.69, 9.17) is 0 Å². The van der Waals surface area contributed by atoms with Gasteiger partial charge in [-0.05, 0) is 6.92 Å². The first-order valence-corrected chi connectivity index (χ1v) is 3.45. The molecular formula is C7H10N2O4. The number of carbonyl (C=O) groups excluding carboxylic acids is 2. The van der Waals surface area contributed by atoms with Crippen molar-refractivity contribution in [1.82, 2.24) is 0 Å². The normalized spacial score (nSPS) is 11.5. The molecule has 0 saturated heterocycles. The number of hydrogen-bond donors (Lipinski definition) is 0. The van der Waals surface area contributed by atoms with Crippen molar-refractivity contribution < 1.29 is 19.3 Å². The molecule has 0 fully saturated rings. The Hall–Kier alpha value is -1.72. The van der Waals surface area contributed by atoms with E-state index in [1.54, 1.807) is 0 Å². The highest BCUT2D eigenvalue weighted by atomic mass is 16.7. The monoisotopic (exact) mass is 186 g/mol. The van der Waals surface area contributed by atoms with E-state index >= 15 is 0 Å². The van der Waals surface area contributed by atoms with Crippen molar-refractivity contribution in [2.24, 2.45) is 10.3 Å². The Morgan fingerprint density at radius 1 is 1.08 bits per heavy atom. The van der Waals surface area contributed by atoms with Crippen molar-refractivity contribution in [2.75, 3.05) is 0 Å². The van der Waals surface area contributed by atoms with Crippen LogP contribution < -0.4 is 0 Å². The second-order valence-electron chi connectivity index (χ2n) is 2.13. The highest BCUT2D eigenvalue weighted by molar-refractivity contribution is 6.29. The summed E-state index contributed by atoms with van der Waals surface area (Å²) in [6, 6.07) is 0. The fraction of sp³-hybridized carbons (Fsp3) is 0.429. The van der Waals surface area contributed by atoms with Gasteiger partial charge in [0.15, 0.2) is 0 Å². The summed E-state index contributed by atoms with van der Waals surface area (Å²) in [5, 5.41) is 6.60. The Labute approximate surface area is 75.2 Å². The molecule has 0 unspecified atom stereocenters. The molecule has 0 aliphatic heterocycles. The molecule has 0 atom stereocenters. The first-order chi connectivity index (χ1) is 6.02. The van der Waals surface area contributed by atoms with Crippen LogP contribution in [0.15, 0.2) is 10.3 Å². The Morgan fingerprint density at radius 3 is 2.08 bits per heavy atom. The maximum Gasteiger partial charge on any atom is 0.331 e. The summed E-state index contributed by atoms with van der Waals surface area (Å²) in [6.07, 6.45) is 1.16. The van der Waals surface area contributed by atoms with Crippen molar-refractivity contribution >= 4 is 23.9 Å². The van der Waals surface area contributed by atoms with E-state index in [0.717, 1.165) is 6.21 Å². The lowest BCUT2D eigenvalue weighted by Crippen LogP contribution is -2.00. The van der Waals surface area contributed by atoms with Crippen LogP contribution >= 0.6 is 0 Å². The molecule has 0 N–H and O–H groups in total. The van der Waals surface area contributed by atoms with Crippen LogP contribution in [-0.4, -0.2) is 23.9 Å². The molecule has 0 aliphatic rings. The first-order valence-electron chi connectivity index (χ1n) is 3.45. The molecule has 0 spiro atoms. The summed E-state index contributed by atoms with van der Waals surface area (Å²) in [4.78, 5) is 29.0. The summed E-state index contributed by atoms with van der Waals surface area (Å²) < 4.78 is 0. The summed E-state index contributed by atoms with van der Waals surface area (Å²) >= 11 is 0. The zero-order chi connectivity index (χ0) is 10.3. The van der Waals surface area contributed by atoms with Crippen LogP contribution in [0.3, 0.4) is 0 Å². The smallest absolute Gasteiger partial charge is 0.319 e. The quantitative estimate of drug-likeness (QED) is 0.364. The molecule has 13 heavy (non-hydrogen) atoms. The fourth-order valence-corrected chi connectivity index (χ4v) is 0.337. The Kier molecular flexibility index (Phi) is 5.09. The standard InChI is InChI=1S/C7H10N2O4/c1-5(9-13-7(3)11)4-8-12-6(2)10/h4H,1-3H3. The van der Waals surface area contributed by atoms with Gasteiger partial charge in [-0.2, -0.15) is 0 Å². The van der Waals surface area contributed by atoms with E-state index in [1.807, 2.05) is 0 Å². The number of nitrogens with zero attached hydrogens (tertiary/aromatic N) is 2. The van der Waals surface area contributed by atoms with Crippen molar-refractivity contribution in [3.63, 3.8) is 0 Å². The lowest BCUT2D eigenvalue weighted by atomic mass is 10.5.